The number of aliphatic carboxylic acids is 1. The minimum absolute atomic E-state index is 0.351. The second-order valence-electron chi connectivity index (χ2n) is 2.53. The van der Waals surface area contributed by atoms with Crippen LogP contribution in [0.1, 0.15) is 5.56 Å². The fraction of sp³-hybridized carbons (Fsp3) is 0. The fourth-order valence-corrected chi connectivity index (χ4v) is 0.905. The van der Waals surface area contributed by atoms with Gasteiger partial charge in [0, 0.05) is 0 Å². The molecule has 3 nitrogen and oxygen atoms in total. The van der Waals surface area contributed by atoms with Gasteiger partial charge in [0.15, 0.2) is 0 Å². The molecular weight excluding hydrogens is 185 g/mol. The number of nitrogens with zero attached hydrogens (tertiary/aromatic N) is 1. The monoisotopic (exact) mass is 191 g/mol. The predicted molar refractivity (Wildman–Crippen MR) is 47.6 cm³/mol. The van der Waals surface area contributed by atoms with E-state index in [0.29, 0.717) is 5.56 Å². The third-order valence-corrected chi connectivity index (χ3v) is 1.51. The molecule has 0 aromatic heterocycles. The number of carboxylic acid groups (broad SMARTS) is 1. The lowest BCUT2D eigenvalue weighted by atomic mass is 10.1. The molecule has 0 unspecified atom stereocenters. The van der Waals surface area contributed by atoms with E-state index in [0.717, 1.165) is 12.1 Å². The molecular formula is C10H6FNO2. The minimum atomic E-state index is -1.32. The molecule has 0 amide bonds. The van der Waals surface area contributed by atoms with Gasteiger partial charge >= 0.3 is 5.97 Å². The van der Waals surface area contributed by atoms with Crippen molar-refractivity contribution in [2.24, 2.45) is 0 Å². The lowest BCUT2D eigenvalue weighted by molar-refractivity contribution is -0.132. The molecule has 70 valence electrons. The summed E-state index contributed by atoms with van der Waals surface area (Å²) in [5, 5.41) is 17.0. The summed E-state index contributed by atoms with van der Waals surface area (Å²) in [5.41, 5.74) is -0.0699. The Balaban J connectivity index is 3.08. The quantitative estimate of drug-likeness (QED) is 0.572. The minimum Gasteiger partial charge on any atom is -0.477 e. The Bertz CT molecular complexity index is 432. The van der Waals surface area contributed by atoms with Crippen molar-refractivity contribution in [2.75, 3.05) is 0 Å². The Kier molecular flexibility index (Phi) is 2.97. The van der Waals surface area contributed by atoms with Crippen LogP contribution in [0.2, 0.25) is 0 Å². The van der Waals surface area contributed by atoms with E-state index in [-0.39, 0.29) is 0 Å². The summed E-state index contributed by atoms with van der Waals surface area (Å²) in [5.74, 6) is -1.79. The summed E-state index contributed by atoms with van der Waals surface area (Å²) >= 11 is 0. The van der Waals surface area contributed by atoms with Gasteiger partial charge < -0.3 is 5.11 Å². The first-order valence-corrected chi connectivity index (χ1v) is 3.74. The molecule has 14 heavy (non-hydrogen) atoms. The lowest BCUT2D eigenvalue weighted by Crippen LogP contribution is -1.97. The molecule has 0 saturated heterocycles. The van der Waals surface area contributed by atoms with Gasteiger partial charge in [-0.3, -0.25) is 0 Å². The molecule has 0 aliphatic carbocycles. The fourth-order valence-electron chi connectivity index (χ4n) is 0.905. The van der Waals surface area contributed by atoms with Crippen molar-refractivity contribution in [1.82, 2.24) is 0 Å². The predicted octanol–water partition coefficient (Wildman–Crippen LogP) is 1.82. The van der Waals surface area contributed by atoms with Crippen LogP contribution in [0, 0.1) is 17.1 Å². The van der Waals surface area contributed by atoms with Gasteiger partial charge in [0.1, 0.15) is 17.5 Å². The van der Waals surface area contributed by atoms with Crippen LogP contribution in [-0.4, -0.2) is 11.1 Å². The SMILES string of the molecule is N#C/C(=C\c1cccc(F)c1)C(=O)O. The van der Waals surface area contributed by atoms with E-state index in [1.165, 1.54) is 24.3 Å². The van der Waals surface area contributed by atoms with Crippen LogP contribution >= 0.6 is 0 Å². The van der Waals surface area contributed by atoms with Crippen LogP contribution in [0.5, 0.6) is 0 Å². The van der Waals surface area contributed by atoms with Crippen molar-refractivity contribution >= 4 is 12.0 Å². The molecule has 1 N–H and O–H groups in total. The molecule has 0 saturated carbocycles. The van der Waals surface area contributed by atoms with E-state index in [2.05, 4.69) is 0 Å². The summed E-state index contributed by atoms with van der Waals surface area (Å²) in [7, 11) is 0. The number of carboxylic acids is 1. The van der Waals surface area contributed by atoms with E-state index in [1.807, 2.05) is 0 Å². The van der Waals surface area contributed by atoms with Gasteiger partial charge in [0.05, 0.1) is 0 Å². The Morgan fingerprint density at radius 1 is 1.57 bits per heavy atom. The Labute approximate surface area is 79.7 Å². The van der Waals surface area contributed by atoms with Gasteiger partial charge in [-0.25, -0.2) is 9.18 Å². The van der Waals surface area contributed by atoms with Gasteiger partial charge in [-0.1, -0.05) is 12.1 Å². The molecule has 0 aliphatic heterocycles. The summed E-state index contributed by atoms with van der Waals surface area (Å²) in [6, 6.07) is 6.86. The maximum Gasteiger partial charge on any atom is 0.346 e. The van der Waals surface area contributed by atoms with Gasteiger partial charge in [-0.15, -0.1) is 0 Å². The van der Waals surface area contributed by atoms with Crippen molar-refractivity contribution in [2.45, 2.75) is 0 Å². The van der Waals surface area contributed by atoms with Crippen molar-refractivity contribution in [3.05, 3.63) is 41.2 Å². The van der Waals surface area contributed by atoms with E-state index < -0.39 is 17.4 Å². The van der Waals surface area contributed by atoms with E-state index in [9.17, 15) is 9.18 Å². The summed E-state index contributed by atoms with van der Waals surface area (Å²) in [4.78, 5) is 10.4. The topological polar surface area (TPSA) is 61.1 Å². The zero-order valence-electron chi connectivity index (χ0n) is 7.07. The molecule has 1 aromatic rings. The largest absolute Gasteiger partial charge is 0.477 e. The van der Waals surface area contributed by atoms with Crippen LogP contribution in [0.15, 0.2) is 29.8 Å². The molecule has 0 radical (unpaired) electrons. The van der Waals surface area contributed by atoms with Gasteiger partial charge in [-0.05, 0) is 23.8 Å². The highest BCUT2D eigenvalue weighted by Crippen LogP contribution is 2.08. The van der Waals surface area contributed by atoms with Crippen LogP contribution in [0.4, 0.5) is 4.39 Å². The first-order chi connectivity index (χ1) is 6.63. The molecule has 0 atom stereocenters. The third kappa shape index (κ3) is 2.42. The molecule has 1 rings (SSSR count). The Morgan fingerprint density at radius 3 is 2.79 bits per heavy atom. The first-order valence-electron chi connectivity index (χ1n) is 3.74. The zero-order valence-corrected chi connectivity index (χ0v) is 7.07. The van der Waals surface area contributed by atoms with Crippen molar-refractivity contribution in [1.29, 1.82) is 5.26 Å². The van der Waals surface area contributed by atoms with E-state index in [1.54, 1.807) is 0 Å². The van der Waals surface area contributed by atoms with E-state index >= 15 is 0 Å². The van der Waals surface area contributed by atoms with Crippen molar-refractivity contribution in [3.8, 4) is 6.07 Å². The van der Waals surface area contributed by atoms with Crippen LogP contribution < -0.4 is 0 Å². The number of rotatable bonds is 2. The summed E-state index contributed by atoms with van der Waals surface area (Å²) in [6.45, 7) is 0. The average Bonchev–Trinajstić information content (AvgIpc) is 2.14. The van der Waals surface area contributed by atoms with Crippen LogP contribution in [0.25, 0.3) is 6.08 Å². The maximum absolute atomic E-state index is 12.7. The average molecular weight is 191 g/mol. The summed E-state index contributed by atoms with van der Waals surface area (Å²) in [6.07, 6.45) is 1.12. The molecule has 0 spiro atoms. The standard InChI is InChI=1S/C10H6FNO2/c11-9-3-1-2-7(5-9)4-8(6-12)10(13)14/h1-5H,(H,13,14)/b8-4+. The highest BCUT2D eigenvalue weighted by molar-refractivity contribution is 5.96. The molecule has 0 aliphatic rings. The Hall–Kier alpha value is -2.15. The Morgan fingerprint density at radius 2 is 2.29 bits per heavy atom. The number of benzene rings is 1. The number of carbonyl (C=O) groups is 1. The van der Waals surface area contributed by atoms with Gasteiger partial charge in [0.25, 0.3) is 0 Å². The van der Waals surface area contributed by atoms with E-state index in [4.69, 9.17) is 10.4 Å². The highest BCUT2D eigenvalue weighted by atomic mass is 19.1. The summed E-state index contributed by atoms with van der Waals surface area (Å²) < 4.78 is 12.7. The molecule has 1 aromatic carbocycles. The van der Waals surface area contributed by atoms with Gasteiger partial charge in [0.2, 0.25) is 0 Å². The van der Waals surface area contributed by atoms with Crippen LogP contribution in [-0.2, 0) is 4.79 Å². The number of hydrogen-bond donors (Lipinski definition) is 1. The number of halogens is 1. The van der Waals surface area contributed by atoms with Crippen molar-refractivity contribution in [3.63, 3.8) is 0 Å². The highest BCUT2D eigenvalue weighted by Gasteiger charge is 2.05. The smallest absolute Gasteiger partial charge is 0.346 e. The van der Waals surface area contributed by atoms with Crippen molar-refractivity contribution < 1.29 is 14.3 Å². The second kappa shape index (κ2) is 4.19. The zero-order chi connectivity index (χ0) is 10.6. The van der Waals surface area contributed by atoms with Gasteiger partial charge in [-0.2, -0.15) is 5.26 Å². The normalized spacial score (nSPS) is 10.7. The third-order valence-electron chi connectivity index (χ3n) is 1.51. The molecule has 4 heteroatoms. The molecule has 0 bridgehead atoms. The second-order valence-corrected chi connectivity index (χ2v) is 2.53. The number of nitriles is 1. The molecule has 0 heterocycles. The molecule has 0 fully saturated rings. The maximum atomic E-state index is 12.7. The lowest BCUT2D eigenvalue weighted by Gasteiger charge is -1.93. The number of hydrogen-bond acceptors (Lipinski definition) is 2. The first kappa shape index (κ1) is 9.93. The van der Waals surface area contributed by atoms with Crippen LogP contribution in [0.3, 0.4) is 0 Å².